The number of nitrogens with zero attached hydrogens (tertiary/aromatic N) is 2. The third kappa shape index (κ3) is 1.62. The average molecular weight is 284 g/mol. The normalized spacial score (nSPS) is 16.7. The molecule has 0 aliphatic carbocycles. The van der Waals surface area contributed by atoms with Gasteiger partial charge in [-0.15, -0.1) is 14.1 Å². The third-order valence-corrected chi connectivity index (χ3v) is 8.21. The Bertz CT molecular complexity index is 753. The molecule has 18 heavy (non-hydrogen) atoms. The van der Waals surface area contributed by atoms with Crippen LogP contribution in [0.5, 0.6) is 0 Å². The predicted molar refractivity (Wildman–Crippen MR) is 77.6 cm³/mol. The number of aliphatic imine (C=N–C) groups is 1. The summed E-state index contributed by atoms with van der Waals surface area (Å²) in [6.45, 7) is 3.54. The zero-order chi connectivity index (χ0) is 13.4. The Hall–Kier alpha value is -1.47. The molecule has 0 fully saturated rings. The van der Waals surface area contributed by atoms with Crippen molar-refractivity contribution in [3.63, 3.8) is 0 Å². The van der Waals surface area contributed by atoms with Gasteiger partial charge in [-0.05, 0) is 26.0 Å². The zero-order valence-corrected chi connectivity index (χ0v) is 11.5. The minimum Gasteiger partial charge on any atom is -0.228 e. The molecule has 2 rings (SSSR count). The first-order valence-electron chi connectivity index (χ1n) is 5.21. The van der Waals surface area contributed by atoms with Gasteiger partial charge in [0.05, 0.1) is 10.3 Å². The summed E-state index contributed by atoms with van der Waals surface area (Å²) in [5.41, 5.74) is 0.589. The lowest BCUT2D eigenvalue weighted by atomic mass is 10.3. The van der Waals surface area contributed by atoms with Gasteiger partial charge in [0.1, 0.15) is 0 Å². The minimum absolute atomic E-state index is 0.142. The number of hydrogen-bond donors (Lipinski definition) is 0. The topological polar surface area (TPSA) is 75.9 Å². The molecule has 0 unspecified atom stereocenters. The molecule has 1 aromatic carbocycles. The molecule has 0 radical (unpaired) electrons. The number of rotatable bonds is 1. The van der Waals surface area contributed by atoms with Crippen LogP contribution in [-0.2, 0) is 10.0 Å². The van der Waals surface area contributed by atoms with Gasteiger partial charge in [0.25, 0.3) is 0 Å². The molecule has 0 saturated carbocycles. The van der Waals surface area contributed by atoms with Gasteiger partial charge < -0.3 is 0 Å². The number of nitroso groups, excluding NO2 is 1. The number of sulfonamides is 1. The maximum atomic E-state index is 11.8. The predicted octanol–water partition coefficient (Wildman–Crippen LogP) is 2.59. The molecule has 7 heteroatoms. The fourth-order valence-electron chi connectivity index (χ4n) is 1.96. The van der Waals surface area contributed by atoms with Crippen LogP contribution < -0.4 is 0 Å². The summed E-state index contributed by atoms with van der Waals surface area (Å²) in [4.78, 5) is 15.5. The van der Waals surface area contributed by atoms with E-state index in [0.29, 0.717) is 5.69 Å². The van der Waals surface area contributed by atoms with E-state index >= 15 is 0 Å². The molecule has 0 amide bonds. The molecule has 0 saturated heterocycles. The molecule has 96 valence electrons. The number of benzene rings is 1. The second-order valence-electron chi connectivity index (χ2n) is 3.58. The van der Waals surface area contributed by atoms with Crippen LogP contribution in [0.25, 0.3) is 0 Å². The van der Waals surface area contributed by atoms with Crippen molar-refractivity contribution >= 4 is 40.0 Å². The monoisotopic (exact) mass is 284 g/mol. The molecule has 0 N–H and O–H groups in total. The summed E-state index contributed by atoms with van der Waals surface area (Å²) >= 11 is 0. The van der Waals surface area contributed by atoms with Crippen LogP contribution in [0.1, 0.15) is 13.8 Å². The van der Waals surface area contributed by atoms with Gasteiger partial charge in [-0.2, -0.15) is 8.42 Å². The lowest BCUT2D eigenvalue weighted by molar-refractivity contribution is 0.609. The quantitative estimate of drug-likeness (QED) is 0.452. The Morgan fingerprint density at radius 2 is 1.83 bits per heavy atom. The maximum absolute atomic E-state index is 11.8. The average Bonchev–Trinajstić information content (AvgIpc) is 2.74. The van der Waals surface area contributed by atoms with Crippen LogP contribution in [0.15, 0.2) is 38.7 Å². The lowest BCUT2D eigenvalue weighted by Crippen LogP contribution is -2.10. The van der Waals surface area contributed by atoms with E-state index in [4.69, 9.17) is 0 Å². The number of para-hydroxylation sites is 1. The minimum atomic E-state index is -4.20. The summed E-state index contributed by atoms with van der Waals surface area (Å²) < 4.78 is 25.7. The molecule has 0 atom stereocenters. The molecule has 5 nitrogen and oxygen atoms in total. The van der Waals surface area contributed by atoms with Crippen molar-refractivity contribution in [2.45, 2.75) is 18.7 Å². The van der Waals surface area contributed by atoms with E-state index in [2.05, 4.69) is 9.57 Å². The molecule has 1 aliphatic rings. The summed E-state index contributed by atoms with van der Waals surface area (Å²) in [6, 6.07) is 7.17. The third-order valence-electron chi connectivity index (χ3n) is 2.79. The fraction of sp³-hybridized carbons (Fsp3) is 0.182. The molecule has 0 aromatic heterocycles. The first-order valence-corrected chi connectivity index (χ1v) is 8.41. The molecule has 1 heterocycles. The van der Waals surface area contributed by atoms with Crippen LogP contribution >= 0.6 is 9.21 Å². The molecule has 0 bridgehead atoms. The maximum Gasteiger partial charge on any atom is 0.339 e. The van der Waals surface area contributed by atoms with Gasteiger partial charge in [-0.1, -0.05) is 22.9 Å². The first kappa shape index (κ1) is 13.0. The van der Waals surface area contributed by atoms with Crippen LogP contribution in [0, 0.1) is 4.91 Å². The van der Waals surface area contributed by atoms with Gasteiger partial charge >= 0.3 is 10.0 Å². The van der Waals surface area contributed by atoms with Gasteiger partial charge in [0, 0.05) is 4.90 Å². The Kier molecular flexibility index (Phi) is 3.12. The van der Waals surface area contributed by atoms with E-state index in [9.17, 15) is 13.3 Å². The SMILES string of the molecule is CC=S1(=CC)C(S(=O)(=O)N=O)=Nc2ccccc21. The van der Waals surface area contributed by atoms with Crippen LogP contribution in [0.3, 0.4) is 0 Å². The summed E-state index contributed by atoms with van der Waals surface area (Å²) in [5.74, 6) is 0. The van der Waals surface area contributed by atoms with E-state index in [1.807, 2.05) is 12.1 Å². The van der Waals surface area contributed by atoms with Crippen molar-refractivity contribution in [2.75, 3.05) is 0 Å². The Morgan fingerprint density at radius 3 is 2.39 bits per heavy atom. The highest BCUT2D eigenvalue weighted by molar-refractivity contribution is 8.52. The van der Waals surface area contributed by atoms with Crippen molar-refractivity contribution in [3.05, 3.63) is 29.2 Å². The highest BCUT2D eigenvalue weighted by Gasteiger charge is 2.33. The van der Waals surface area contributed by atoms with Crippen LogP contribution in [0.2, 0.25) is 0 Å². The molecule has 1 aliphatic heterocycles. The van der Waals surface area contributed by atoms with E-state index < -0.39 is 19.2 Å². The largest absolute Gasteiger partial charge is 0.339 e. The highest BCUT2D eigenvalue weighted by Crippen LogP contribution is 2.50. The second-order valence-corrected chi connectivity index (χ2v) is 8.51. The zero-order valence-electron chi connectivity index (χ0n) is 9.90. The van der Waals surface area contributed by atoms with E-state index in [1.165, 1.54) is 0 Å². The lowest BCUT2D eigenvalue weighted by Gasteiger charge is -2.12. The van der Waals surface area contributed by atoms with Gasteiger partial charge in [-0.3, -0.25) is 0 Å². The number of fused-ring (bicyclic) bond motifs is 1. The fourth-order valence-corrected chi connectivity index (χ4v) is 6.95. The van der Waals surface area contributed by atoms with Crippen LogP contribution in [-0.4, -0.2) is 23.5 Å². The number of hydrogen-bond acceptors (Lipinski definition) is 4. The van der Waals surface area contributed by atoms with Crippen molar-refractivity contribution < 1.29 is 8.42 Å². The van der Waals surface area contributed by atoms with Crippen molar-refractivity contribution in [1.82, 2.24) is 0 Å². The van der Waals surface area contributed by atoms with Crippen molar-refractivity contribution in [3.8, 4) is 0 Å². The van der Waals surface area contributed by atoms with Crippen LogP contribution in [0.4, 0.5) is 5.69 Å². The molecular weight excluding hydrogens is 272 g/mol. The summed E-state index contributed by atoms with van der Waals surface area (Å²) in [6.07, 6.45) is 0. The highest BCUT2D eigenvalue weighted by atomic mass is 32.3. The van der Waals surface area contributed by atoms with Gasteiger partial charge in [-0.25, -0.2) is 4.99 Å². The first-order chi connectivity index (χ1) is 8.51. The Morgan fingerprint density at radius 1 is 1.22 bits per heavy atom. The van der Waals surface area contributed by atoms with Crippen molar-refractivity contribution in [1.29, 1.82) is 0 Å². The standard InChI is InChI=1S/C11H12N2O3S2/c1-3-17(4-2)10-8-6-5-7-9(10)12-11(17)18(15,16)13-14/h3-8H,1-2H3. The molecule has 1 aromatic rings. The van der Waals surface area contributed by atoms with E-state index in [-0.39, 0.29) is 4.38 Å². The van der Waals surface area contributed by atoms with E-state index in [0.717, 1.165) is 4.90 Å². The smallest absolute Gasteiger partial charge is 0.228 e. The summed E-state index contributed by atoms with van der Waals surface area (Å²) in [5, 5.41) is 3.58. The van der Waals surface area contributed by atoms with Gasteiger partial charge in [0.15, 0.2) is 0 Å². The molecule has 0 spiro atoms. The van der Waals surface area contributed by atoms with Gasteiger partial charge in [0.2, 0.25) is 4.38 Å². The Labute approximate surface area is 106 Å². The summed E-state index contributed by atoms with van der Waals surface area (Å²) in [7, 11) is -6.19. The van der Waals surface area contributed by atoms with E-state index in [1.54, 1.807) is 36.7 Å². The second kappa shape index (κ2) is 4.33. The molecular formula is C11H12N2O3S2. The Balaban J connectivity index is 2.94. The van der Waals surface area contributed by atoms with Crippen molar-refractivity contribution in [2.24, 2.45) is 9.57 Å².